The summed E-state index contributed by atoms with van der Waals surface area (Å²) in [5.74, 6) is 2.25. The lowest BCUT2D eigenvalue weighted by Crippen LogP contribution is -2.27. The maximum Gasteiger partial charge on any atom is 0.122 e. The molecule has 1 aliphatic rings. The van der Waals surface area contributed by atoms with Gasteiger partial charge in [-0.2, -0.15) is 0 Å². The lowest BCUT2D eigenvalue weighted by molar-refractivity contribution is 0.192. The maximum absolute atomic E-state index is 9.26. The second-order valence-electron chi connectivity index (χ2n) is 4.89. The maximum atomic E-state index is 9.26. The van der Waals surface area contributed by atoms with Crippen molar-refractivity contribution in [1.29, 1.82) is 0 Å². The zero-order chi connectivity index (χ0) is 12.1. The van der Waals surface area contributed by atoms with E-state index in [1.165, 1.54) is 19.3 Å². The molecule has 1 heterocycles. The summed E-state index contributed by atoms with van der Waals surface area (Å²) >= 11 is 0. The number of hydrogen-bond donors (Lipinski definition) is 2. The van der Waals surface area contributed by atoms with Crippen LogP contribution in [-0.4, -0.2) is 27.8 Å². The Hall–Kier alpha value is -0.870. The van der Waals surface area contributed by atoms with Crippen molar-refractivity contribution in [3.05, 3.63) is 18.2 Å². The highest BCUT2D eigenvalue weighted by Gasteiger charge is 2.25. The molecule has 0 radical (unpaired) electrons. The van der Waals surface area contributed by atoms with Crippen molar-refractivity contribution in [1.82, 2.24) is 14.9 Å². The van der Waals surface area contributed by atoms with E-state index >= 15 is 0 Å². The van der Waals surface area contributed by atoms with Gasteiger partial charge in [0, 0.05) is 25.5 Å². The van der Waals surface area contributed by atoms with Crippen molar-refractivity contribution in [3.8, 4) is 0 Å². The van der Waals surface area contributed by atoms with Crippen molar-refractivity contribution in [2.24, 2.45) is 11.8 Å². The molecule has 2 unspecified atom stereocenters. The molecule has 1 fully saturated rings. The predicted molar refractivity (Wildman–Crippen MR) is 67.5 cm³/mol. The van der Waals surface area contributed by atoms with Crippen LogP contribution in [0.25, 0.3) is 0 Å². The van der Waals surface area contributed by atoms with E-state index in [0.29, 0.717) is 18.4 Å². The molecule has 2 atom stereocenters. The molecule has 4 heteroatoms. The van der Waals surface area contributed by atoms with Gasteiger partial charge in [0.15, 0.2) is 0 Å². The molecule has 0 spiro atoms. The van der Waals surface area contributed by atoms with Crippen LogP contribution in [0.3, 0.4) is 0 Å². The highest BCUT2D eigenvalue weighted by molar-refractivity contribution is 4.92. The second kappa shape index (κ2) is 6.17. The van der Waals surface area contributed by atoms with Gasteiger partial charge in [-0.1, -0.05) is 6.42 Å². The number of aliphatic hydroxyl groups excluding tert-OH is 1. The first-order chi connectivity index (χ1) is 8.35. The molecule has 0 bridgehead atoms. The van der Waals surface area contributed by atoms with Crippen LogP contribution >= 0.6 is 0 Å². The lowest BCUT2D eigenvalue weighted by atomic mass is 9.97. The summed E-state index contributed by atoms with van der Waals surface area (Å²) < 4.78 is 2.16. The van der Waals surface area contributed by atoms with Crippen LogP contribution in [0, 0.1) is 11.8 Å². The fraction of sp³-hybridized carbons (Fsp3) is 0.769. The van der Waals surface area contributed by atoms with Crippen molar-refractivity contribution in [2.45, 2.75) is 39.3 Å². The summed E-state index contributed by atoms with van der Waals surface area (Å²) in [5.41, 5.74) is 0. The van der Waals surface area contributed by atoms with Crippen LogP contribution in [0.2, 0.25) is 0 Å². The van der Waals surface area contributed by atoms with Crippen LogP contribution in [0.4, 0.5) is 0 Å². The highest BCUT2D eigenvalue weighted by atomic mass is 16.3. The van der Waals surface area contributed by atoms with Gasteiger partial charge in [0.25, 0.3) is 0 Å². The van der Waals surface area contributed by atoms with Crippen LogP contribution in [0.5, 0.6) is 0 Å². The number of rotatable bonds is 6. The number of imidazole rings is 1. The SMILES string of the molecule is CCn1ccnc1CNCC1CCCC1CO. The summed E-state index contributed by atoms with van der Waals surface area (Å²) in [6.45, 7) is 5.27. The molecule has 1 aliphatic carbocycles. The molecule has 1 aromatic rings. The van der Waals surface area contributed by atoms with Crippen LogP contribution in [0.1, 0.15) is 32.0 Å². The quantitative estimate of drug-likeness (QED) is 0.786. The molecule has 1 saturated carbocycles. The number of aromatic nitrogens is 2. The minimum atomic E-state index is 0.343. The molecule has 96 valence electrons. The number of nitrogens with one attached hydrogen (secondary N) is 1. The Balaban J connectivity index is 1.76. The van der Waals surface area contributed by atoms with Crippen LogP contribution < -0.4 is 5.32 Å². The van der Waals surface area contributed by atoms with Crippen molar-refractivity contribution in [3.63, 3.8) is 0 Å². The summed E-state index contributed by atoms with van der Waals surface area (Å²) in [7, 11) is 0. The average molecular weight is 237 g/mol. The van der Waals surface area contributed by atoms with E-state index < -0.39 is 0 Å². The Bertz CT molecular complexity index is 337. The zero-order valence-electron chi connectivity index (χ0n) is 10.6. The van der Waals surface area contributed by atoms with E-state index in [1.807, 2.05) is 12.4 Å². The molecule has 2 N–H and O–H groups in total. The Morgan fingerprint density at radius 3 is 3.06 bits per heavy atom. The molecule has 17 heavy (non-hydrogen) atoms. The van der Waals surface area contributed by atoms with Crippen molar-refractivity contribution in [2.75, 3.05) is 13.2 Å². The molecule has 0 saturated heterocycles. The van der Waals surface area contributed by atoms with E-state index in [4.69, 9.17) is 0 Å². The number of aryl methyl sites for hydroxylation is 1. The first-order valence-corrected chi connectivity index (χ1v) is 6.66. The van der Waals surface area contributed by atoms with E-state index in [2.05, 4.69) is 21.8 Å². The normalized spacial score (nSPS) is 24.4. The van der Waals surface area contributed by atoms with Gasteiger partial charge in [0.2, 0.25) is 0 Å². The summed E-state index contributed by atoms with van der Waals surface area (Å²) in [5, 5.41) is 12.7. The van der Waals surface area contributed by atoms with Gasteiger partial charge in [-0.15, -0.1) is 0 Å². The standard InChI is InChI=1S/C13H23N3O/c1-2-16-7-6-15-13(16)9-14-8-11-4-3-5-12(11)10-17/h6-7,11-12,14,17H,2-5,8-10H2,1H3. The Labute approximate surface area is 103 Å². The van der Waals surface area contributed by atoms with Gasteiger partial charge >= 0.3 is 0 Å². The first-order valence-electron chi connectivity index (χ1n) is 6.66. The topological polar surface area (TPSA) is 50.1 Å². The molecule has 0 aliphatic heterocycles. The highest BCUT2D eigenvalue weighted by Crippen LogP contribution is 2.30. The monoisotopic (exact) mass is 237 g/mol. The minimum absolute atomic E-state index is 0.343. The Kier molecular flexibility index (Phi) is 4.57. The van der Waals surface area contributed by atoms with Gasteiger partial charge < -0.3 is 15.0 Å². The lowest BCUT2D eigenvalue weighted by Gasteiger charge is -2.17. The van der Waals surface area contributed by atoms with Crippen molar-refractivity contribution >= 4 is 0 Å². The third kappa shape index (κ3) is 3.07. The number of hydrogen-bond acceptors (Lipinski definition) is 3. The number of nitrogens with zero attached hydrogens (tertiary/aromatic N) is 2. The molecule has 2 rings (SSSR count). The summed E-state index contributed by atoms with van der Waals surface area (Å²) in [6, 6.07) is 0. The fourth-order valence-corrected chi connectivity index (χ4v) is 2.79. The second-order valence-corrected chi connectivity index (χ2v) is 4.89. The van der Waals surface area contributed by atoms with E-state index in [0.717, 1.165) is 25.5 Å². The van der Waals surface area contributed by atoms with Crippen LogP contribution in [-0.2, 0) is 13.1 Å². The predicted octanol–water partition coefficient (Wildman–Crippen LogP) is 1.40. The van der Waals surface area contributed by atoms with E-state index in [-0.39, 0.29) is 0 Å². The van der Waals surface area contributed by atoms with Gasteiger partial charge in [0.05, 0.1) is 6.54 Å². The van der Waals surface area contributed by atoms with Crippen molar-refractivity contribution < 1.29 is 5.11 Å². The molecule has 0 aromatic carbocycles. The van der Waals surface area contributed by atoms with Gasteiger partial charge in [-0.05, 0) is 38.1 Å². The third-order valence-corrected chi connectivity index (χ3v) is 3.88. The van der Waals surface area contributed by atoms with E-state index in [9.17, 15) is 5.11 Å². The molecule has 4 nitrogen and oxygen atoms in total. The zero-order valence-corrected chi connectivity index (χ0v) is 10.6. The minimum Gasteiger partial charge on any atom is -0.396 e. The third-order valence-electron chi connectivity index (χ3n) is 3.88. The Morgan fingerprint density at radius 1 is 1.47 bits per heavy atom. The number of aliphatic hydroxyl groups is 1. The average Bonchev–Trinajstić information content (AvgIpc) is 2.97. The largest absolute Gasteiger partial charge is 0.396 e. The molecular weight excluding hydrogens is 214 g/mol. The summed E-state index contributed by atoms with van der Waals surface area (Å²) in [4.78, 5) is 4.34. The first kappa shape index (κ1) is 12.6. The van der Waals surface area contributed by atoms with Crippen LogP contribution in [0.15, 0.2) is 12.4 Å². The van der Waals surface area contributed by atoms with Gasteiger partial charge in [-0.3, -0.25) is 0 Å². The molecule has 0 amide bonds. The smallest absolute Gasteiger partial charge is 0.122 e. The Morgan fingerprint density at radius 2 is 2.29 bits per heavy atom. The van der Waals surface area contributed by atoms with E-state index in [1.54, 1.807) is 0 Å². The molecular formula is C13H23N3O. The van der Waals surface area contributed by atoms with Gasteiger partial charge in [0.1, 0.15) is 5.82 Å². The molecule has 1 aromatic heterocycles. The van der Waals surface area contributed by atoms with Gasteiger partial charge in [-0.25, -0.2) is 4.98 Å². The fourth-order valence-electron chi connectivity index (χ4n) is 2.79. The summed E-state index contributed by atoms with van der Waals surface area (Å²) in [6.07, 6.45) is 7.57.